The molecule has 0 atom stereocenters. The summed E-state index contributed by atoms with van der Waals surface area (Å²) in [5.41, 5.74) is 1.99. The molecule has 0 bridgehead atoms. The molecule has 1 fully saturated rings. The minimum Gasteiger partial charge on any atom is -0.325 e. The van der Waals surface area contributed by atoms with Crippen LogP contribution in [0.25, 0.3) is 0 Å². The number of aliphatic imine (C=N–C) groups is 2. The Kier molecular flexibility index (Phi) is 7.27. The molecule has 162 valence electrons. The number of amides is 1. The molecule has 0 saturated heterocycles. The first-order valence-electron chi connectivity index (χ1n) is 10.3. The molecule has 1 spiro atoms. The monoisotopic (exact) mass is 493 g/mol. The van der Waals surface area contributed by atoms with Gasteiger partial charge in [-0.2, -0.15) is 0 Å². The summed E-state index contributed by atoms with van der Waals surface area (Å²) in [4.78, 5) is 22.7. The van der Waals surface area contributed by atoms with E-state index in [0.717, 1.165) is 42.0 Å². The quantitative estimate of drug-likeness (QED) is 0.486. The molecule has 8 heteroatoms. The average molecular weight is 495 g/mol. The van der Waals surface area contributed by atoms with Crippen molar-refractivity contribution in [2.45, 2.75) is 44.2 Å². The predicted molar refractivity (Wildman–Crippen MR) is 133 cm³/mol. The Balaban J connectivity index is 1.52. The number of rotatable bonds is 4. The first kappa shape index (κ1) is 22.7. The lowest BCUT2D eigenvalue weighted by Crippen LogP contribution is -2.20. The molecule has 4 nitrogen and oxygen atoms in total. The van der Waals surface area contributed by atoms with Gasteiger partial charge in [-0.1, -0.05) is 71.5 Å². The van der Waals surface area contributed by atoms with Crippen molar-refractivity contribution in [1.29, 1.82) is 0 Å². The largest absolute Gasteiger partial charge is 0.325 e. The van der Waals surface area contributed by atoms with Gasteiger partial charge < -0.3 is 5.32 Å². The summed E-state index contributed by atoms with van der Waals surface area (Å²) in [6.45, 7) is 0. The molecule has 0 radical (unpaired) electrons. The van der Waals surface area contributed by atoms with Crippen LogP contribution in [0.5, 0.6) is 0 Å². The summed E-state index contributed by atoms with van der Waals surface area (Å²) in [7, 11) is 0. The van der Waals surface area contributed by atoms with Gasteiger partial charge in [0.25, 0.3) is 0 Å². The molecule has 31 heavy (non-hydrogen) atoms. The average Bonchev–Trinajstić information content (AvgIpc) is 2.91. The highest BCUT2D eigenvalue weighted by Gasteiger charge is 2.37. The molecule has 1 N–H and O–H groups in total. The van der Waals surface area contributed by atoms with E-state index in [1.807, 2.05) is 24.3 Å². The van der Waals surface area contributed by atoms with E-state index in [9.17, 15) is 4.79 Å². The molecule has 1 aliphatic carbocycles. The van der Waals surface area contributed by atoms with Crippen molar-refractivity contribution in [3.63, 3.8) is 0 Å². The van der Waals surface area contributed by atoms with Crippen LogP contribution in [0.3, 0.4) is 0 Å². The third kappa shape index (κ3) is 5.83. The van der Waals surface area contributed by atoms with Crippen LogP contribution < -0.4 is 5.32 Å². The van der Waals surface area contributed by atoms with Crippen molar-refractivity contribution in [2.75, 3.05) is 11.1 Å². The molecule has 1 amide bonds. The van der Waals surface area contributed by atoms with Gasteiger partial charge in [-0.05, 0) is 56.0 Å². The molecule has 1 heterocycles. The Morgan fingerprint density at radius 2 is 1.55 bits per heavy atom. The summed E-state index contributed by atoms with van der Waals surface area (Å²) in [5, 5.41) is 5.29. The second kappa shape index (κ2) is 9.95. The highest BCUT2D eigenvalue weighted by atomic mass is 35.5. The van der Waals surface area contributed by atoms with Crippen LogP contribution in [0, 0.1) is 0 Å². The Labute approximate surface area is 201 Å². The highest BCUT2D eigenvalue weighted by Crippen LogP contribution is 2.38. The van der Waals surface area contributed by atoms with Crippen molar-refractivity contribution in [2.24, 2.45) is 9.98 Å². The van der Waals surface area contributed by atoms with Gasteiger partial charge >= 0.3 is 0 Å². The number of anilines is 1. The van der Waals surface area contributed by atoms with Gasteiger partial charge in [0.15, 0.2) is 5.66 Å². The van der Waals surface area contributed by atoms with Crippen molar-refractivity contribution in [1.82, 2.24) is 0 Å². The van der Waals surface area contributed by atoms with E-state index in [2.05, 4.69) is 5.32 Å². The highest BCUT2D eigenvalue weighted by molar-refractivity contribution is 8.16. The van der Waals surface area contributed by atoms with Crippen molar-refractivity contribution < 1.29 is 4.79 Å². The summed E-state index contributed by atoms with van der Waals surface area (Å²) < 4.78 is 0. The molecule has 0 aromatic heterocycles. The minimum atomic E-state index is -0.398. The van der Waals surface area contributed by atoms with Gasteiger partial charge in [0.05, 0.1) is 11.5 Å². The van der Waals surface area contributed by atoms with Gasteiger partial charge in [-0.25, -0.2) is 4.99 Å². The number of carbonyl (C=O) groups is 1. The number of carbonyl (C=O) groups excluding carboxylic acids is 1. The molecule has 2 aromatic carbocycles. The summed E-state index contributed by atoms with van der Waals surface area (Å²) >= 11 is 19.5. The smallest absolute Gasteiger partial charge is 0.234 e. The van der Waals surface area contributed by atoms with Crippen LogP contribution in [0.15, 0.2) is 52.4 Å². The van der Waals surface area contributed by atoms with Crippen molar-refractivity contribution >= 4 is 68.9 Å². The fraction of sp³-hybridized carbons (Fsp3) is 0.348. The van der Waals surface area contributed by atoms with E-state index < -0.39 is 5.66 Å². The molecular formula is C23H22Cl3N3OS. The minimum absolute atomic E-state index is 0.150. The summed E-state index contributed by atoms with van der Waals surface area (Å²) in [6, 6.07) is 12.6. The lowest BCUT2D eigenvalue weighted by molar-refractivity contribution is -0.113. The summed E-state index contributed by atoms with van der Waals surface area (Å²) in [5.74, 6) is 0.0642. The number of halogens is 3. The molecule has 1 aliphatic heterocycles. The van der Waals surface area contributed by atoms with E-state index in [1.165, 1.54) is 24.6 Å². The van der Waals surface area contributed by atoms with Gasteiger partial charge in [0.2, 0.25) is 5.91 Å². The van der Waals surface area contributed by atoms with Crippen LogP contribution in [0.1, 0.15) is 44.1 Å². The molecule has 2 aliphatic rings. The fourth-order valence-electron chi connectivity index (χ4n) is 3.89. The predicted octanol–water partition coefficient (Wildman–Crippen LogP) is 7.27. The molecule has 1 saturated carbocycles. The standard InChI is InChI=1S/C23H22Cl3N3OS/c24-16-7-5-15(6-8-16)21-22(29-23(28-21)9-3-1-2-4-10-23)31-14-20(30)27-19-12-17(25)11-18(26)13-19/h5-8,11-13H,1-4,9-10,14H2,(H,27,30). The maximum atomic E-state index is 12.6. The fourth-order valence-corrected chi connectivity index (χ4v) is 5.42. The topological polar surface area (TPSA) is 53.8 Å². The Hall–Kier alpha value is -1.53. The number of nitrogens with zero attached hydrogens (tertiary/aromatic N) is 2. The number of thioether (sulfide) groups is 1. The van der Waals surface area contributed by atoms with Crippen LogP contribution in [0.4, 0.5) is 5.69 Å². The molecule has 2 aromatic rings. The Morgan fingerprint density at radius 1 is 0.903 bits per heavy atom. The zero-order valence-electron chi connectivity index (χ0n) is 16.8. The van der Waals surface area contributed by atoms with E-state index in [1.54, 1.807) is 18.2 Å². The van der Waals surface area contributed by atoms with E-state index >= 15 is 0 Å². The molecule has 4 rings (SSSR count). The number of hydrogen-bond acceptors (Lipinski definition) is 4. The lowest BCUT2D eigenvalue weighted by atomic mass is 10.0. The number of hydrogen-bond donors (Lipinski definition) is 1. The van der Waals surface area contributed by atoms with Crippen molar-refractivity contribution in [3.05, 3.63) is 63.1 Å². The van der Waals surface area contributed by atoms with Crippen molar-refractivity contribution in [3.8, 4) is 0 Å². The van der Waals surface area contributed by atoms with Crippen LogP contribution in [-0.2, 0) is 4.79 Å². The van der Waals surface area contributed by atoms with Crippen LogP contribution in [0.2, 0.25) is 15.1 Å². The second-order valence-electron chi connectivity index (χ2n) is 7.78. The van der Waals surface area contributed by atoms with Crippen LogP contribution >= 0.6 is 46.6 Å². The third-order valence-electron chi connectivity index (χ3n) is 5.34. The third-order valence-corrected chi connectivity index (χ3v) is 6.99. The zero-order valence-corrected chi connectivity index (χ0v) is 19.9. The Bertz CT molecular complexity index is 1010. The maximum absolute atomic E-state index is 12.6. The molecule has 0 unspecified atom stereocenters. The SMILES string of the molecule is O=C(CSC1=NC2(CCCCCC2)N=C1c1ccc(Cl)cc1)Nc1cc(Cl)cc(Cl)c1. The number of benzene rings is 2. The number of nitrogens with one attached hydrogen (secondary N) is 1. The zero-order chi connectivity index (χ0) is 21.8. The molecular weight excluding hydrogens is 473 g/mol. The van der Waals surface area contributed by atoms with Gasteiger partial charge in [0, 0.05) is 26.3 Å². The second-order valence-corrected chi connectivity index (χ2v) is 10.0. The van der Waals surface area contributed by atoms with Crippen LogP contribution in [-0.4, -0.2) is 28.1 Å². The van der Waals surface area contributed by atoms with Gasteiger partial charge in [0.1, 0.15) is 5.04 Å². The van der Waals surface area contributed by atoms with E-state index in [-0.39, 0.29) is 11.7 Å². The lowest BCUT2D eigenvalue weighted by Gasteiger charge is -2.20. The Morgan fingerprint density at radius 3 is 2.19 bits per heavy atom. The first-order valence-corrected chi connectivity index (χ1v) is 12.4. The summed E-state index contributed by atoms with van der Waals surface area (Å²) in [6.07, 6.45) is 6.57. The van der Waals surface area contributed by atoms with E-state index in [4.69, 9.17) is 44.8 Å². The maximum Gasteiger partial charge on any atom is 0.234 e. The van der Waals surface area contributed by atoms with Gasteiger partial charge in [-0.3, -0.25) is 9.79 Å². The first-order chi connectivity index (χ1) is 14.9. The van der Waals surface area contributed by atoms with E-state index in [0.29, 0.717) is 20.8 Å². The van der Waals surface area contributed by atoms with Gasteiger partial charge in [-0.15, -0.1) is 0 Å². The normalized spacial score (nSPS) is 17.8.